The average Bonchev–Trinajstić information content (AvgIpc) is 2.40. The second kappa shape index (κ2) is 5.31. The Balaban J connectivity index is 1.73. The summed E-state index contributed by atoms with van der Waals surface area (Å²) in [6.07, 6.45) is 6.56. The number of nitrogens with one attached hydrogen (secondary N) is 1. The largest absolute Gasteiger partial charge is 0.374 e. The molecule has 1 aromatic carbocycles. The molecule has 0 amide bonds. The Morgan fingerprint density at radius 3 is 3.11 bits per heavy atom. The number of hydrogen-bond donors (Lipinski definition) is 1. The van der Waals surface area contributed by atoms with Crippen LogP contribution >= 0.6 is 0 Å². The summed E-state index contributed by atoms with van der Waals surface area (Å²) < 4.78 is 0. The molecule has 2 aliphatic rings. The molecule has 0 spiro atoms. The zero-order chi connectivity index (χ0) is 12.4. The van der Waals surface area contributed by atoms with E-state index in [0.717, 1.165) is 5.92 Å². The van der Waals surface area contributed by atoms with Crippen molar-refractivity contribution < 1.29 is 0 Å². The van der Waals surface area contributed by atoms with E-state index in [2.05, 4.69) is 35.5 Å². The summed E-state index contributed by atoms with van der Waals surface area (Å²) >= 11 is 0. The Labute approximate surface area is 110 Å². The van der Waals surface area contributed by atoms with Gasteiger partial charge in [-0.05, 0) is 68.3 Å². The molecule has 0 radical (unpaired) electrons. The van der Waals surface area contributed by atoms with Crippen LogP contribution in [0.4, 0.5) is 5.69 Å². The van der Waals surface area contributed by atoms with Gasteiger partial charge < -0.3 is 10.2 Å². The Bertz CT molecular complexity index is 408. The molecule has 0 aromatic heterocycles. The lowest BCUT2D eigenvalue weighted by Gasteiger charge is -2.28. The molecule has 0 saturated carbocycles. The first kappa shape index (κ1) is 12.0. The normalized spacial score (nSPS) is 23.8. The van der Waals surface area contributed by atoms with Crippen LogP contribution in [-0.4, -0.2) is 26.7 Å². The van der Waals surface area contributed by atoms with Gasteiger partial charge in [-0.3, -0.25) is 0 Å². The fraction of sp³-hybridized carbons (Fsp3) is 0.625. The number of aryl methyl sites for hydroxylation is 1. The highest BCUT2D eigenvalue weighted by molar-refractivity contribution is 5.56. The van der Waals surface area contributed by atoms with Crippen LogP contribution in [-0.2, 0) is 12.8 Å². The van der Waals surface area contributed by atoms with Crippen molar-refractivity contribution in [3.05, 3.63) is 29.3 Å². The molecule has 1 N–H and O–H groups in total. The molecule has 2 aliphatic heterocycles. The maximum atomic E-state index is 3.52. The molecule has 98 valence electrons. The molecule has 18 heavy (non-hydrogen) atoms. The van der Waals surface area contributed by atoms with Crippen molar-refractivity contribution in [2.45, 2.75) is 32.1 Å². The third-order valence-corrected chi connectivity index (χ3v) is 4.42. The zero-order valence-corrected chi connectivity index (χ0v) is 11.4. The van der Waals surface area contributed by atoms with Crippen molar-refractivity contribution in [3.8, 4) is 0 Å². The van der Waals surface area contributed by atoms with E-state index in [4.69, 9.17) is 0 Å². The molecule has 1 fully saturated rings. The topological polar surface area (TPSA) is 15.3 Å². The number of fused-ring (bicyclic) bond motifs is 1. The predicted octanol–water partition coefficient (Wildman–Crippen LogP) is 2.61. The smallest absolute Gasteiger partial charge is 0.0396 e. The first-order chi connectivity index (χ1) is 8.83. The molecule has 3 rings (SSSR count). The second-order valence-electron chi connectivity index (χ2n) is 5.90. The van der Waals surface area contributed by atoms with E-state index >= 15 is 0 Å². The predicted molar refractivity (Wildman–Crippen MR) is 77.3 cm³/mol. The highest BCUT2D eigenvalue weighted by Crippen LogP contribution is 2.28. The lowest BCUT2D eigenvalue weighted by atomic mass is 9.90. The maximum absolute atomic E-state index is 3.52. The average molecular weight is 244 g/mol. The van der Waals surface area contributed by atoms with Crippen molar-refractivity contribution in [1.29, 1.82) is 0 Å². The van der Waals surface area contributed by atoms with Gasteiger partial charge in [-0.2, -0.15) is 0 Å². The first-order valence-corrected chi connectivity index (χ1v) is 7.36. The Hall–Kier alpha value is -1.02. The SMILES string of the molecule is CN1CCCc2cc(CC3CCCNC3)ccc21. The maximum Gasteiger partial charge on any atom is 0.0396 e. The number of rotatable bonds is 2. The van der Waals surface area contributed by atoms with Crippen LogP contribution in [0.25, 0.3) is 0 Å². The molecule has 2 heterocycles. The lowest BCUT2D eigenvalue weighted by molar-refractivity contribution is 0.376. The van der Waals surface area contributed by atoms with Crippen LogP contribution in [0.5, 0.6) is 0 Å². The van der Waals surface area contributed by atoms with Gasteiger partial charge in [-0.15, -0.1) is 0 Å². The number of piperidine rings is 1. The minimum absolute atomic E-state index is 0.845. The van der Waals surface area contributed by atoms with Gasteiger partial charge in [0.1, 0.15) is 0 Å². The molecule has 1 unspecified atom stereocenters. The summed E-state index contributed by atoms with van der Waals surface area (Å²) in [5, 5.41) is 3.52. The van der Waals surface area contributed by atoms with Gasteiger partial charge >= 0.3 is 0 Å². The summed E-state index contributed by atoms with van der Waals surface area (Å²) in [6.45, 7) is 3.63. The van der Waals surface area contributed by atoms with Gasteiger partial charge in [0.15, 0.2) is 0 Å². The Kier molecular flexibility index (Phi) is 3.55. The van der Waals surface area contributed by atoms with E-state index in [1.165, 1.54) is 63.0 Å². The van der Waals surface area contributed by atoms with Crippen LogP contribution in [0.2, 0.25) is 0 Å². The Morgan fingerprint density at radius 2 is 2.28 bits per heavy atom. The van der Waals surface area contributed by atoms with E-state index in [1.54, 1.807) is 5.56 Å². The number of nitrogens with zero attached hydrogens (tertiary/aromatic N) is 1. The second-order valence-corrected chi connectivity index (χ2v) is 5.90. The van der Waals surface area contributed by atoms with Gasteiger partial charge in [0.05, 0.1) is 0 Å². The molecule has 1 saturated heterocycles. The standard InChI is InChI=1S/C16H24N2/c1-18-9-3-5-15-11-13(6-7-16(15)18)10-14-4-2-8-17-12-14/h6-7,11,14,17H,2-5,8-10,12H2,1H3. The van der Waals surface area contributed by atoms with Crippen molar-refractivity contribution >= 4 is 5.69 Å². The summed E-state index contributed by atoms with van der Waals surface area (Å²) in [4.78, 5) is 2.39. The van der Waals surface area contributed by atoms with Crippen LogP contribution in [0.1, 0.15) is 30.4 Å². The first-order valence-electron chi connectivity index (χ1n) is 7.36. The van der Waals surface area contributed by atoms with Gasteiger partial charge in [0, 0.05) is 19.3 Å². The van der Waals surface area contributed by atoms with Crippen molar-refractivity contribution in [3.63, 3.8) is 0 Å². The van der Waals surface area contributed by atoms with E-state index < -0.39 is 0 Å². The molecule has 1 aromatic rings. The Morgan fingerprint density at radius 1 is 1.33 bits per heavy atom. The molecule has 0 bridgehead atoms. The summed E-state index contributed by atoms with van der Waals surface area (Å²) in [7, 11) is 2.21. The summed E-state index contributed by atoms with van der Waals surface area (Å²) in [6, 6.07) is 7.13. The fourth-order valence-corrected chi connectivity index (χ4v) is 3.40. The van der Waals surface area contributed by atoms with Gasteiger partial charge in [0.25, 0.3) is 0 Å². The quantitative estimate of drug-likeness (QED) is 0.860. The third-order valence-electron chi connectivity index (χ3n) is 4.42. The van der Waals surface area contributed by atoms with Crippen LogP contribution < -0.4 is 10.2 Å². The molecular formula is C16H24N2. The highest BCUT2D eigenvalue weighted by Gasteiger charge is 2.16. The molecular weight excluding hydrogens is 220 g/mol. The zero-order valence-electron chi connectivity index (χ0n) is 11.4. The van der Waals surface area contributed by atoms with Gasteiger partial charge in [0.2, 0.25) is 0 Å². The minimum Gasteiger partial charge on any atom is -0.374 e. The van der Waals surface area contributed by atoms with Crippen molar-refractivity contribution in [2.75, 3.05) is 31.6 Å². The van der Waals surface area contributed by atoms with Crippen molar-refractivity contribution in [2.24, 2.45) is 5.92 Å². The van der Waals surface area contributed by atoms with Crippen LogP contribution in [0.3, 0.4) is 0 Å². The molecule has 1 atom stereocenters. The van der Waals surface area contributed by atoms with Gasteiger partial charge in [-0.1, -0.05) is 12.1 Å². The van der Waals surface area contributed by atoms with E-state index in [1.807, 2.05) is 0 Å². The molecule has 0 aliphatic carbocycles. The molecule has 2 nitrogen and oxygen atoms in total. The monoisotopic (exact) mass is 244 g/mol. The van der Waals surface area contributed by atoms with Crippen LogP contribution in [0, 0.1) is 5.92 Å². The number of anilines is 1. The fourth-order valence-electron chi connectivity index (χ4n) is 3.40. The highest BCUT2D eigenvalue weighted by atomic mass is 15.1. The van der Waals surface area contributed by atoms with E-state index in [-0.39, 0.29) is 0 Å². The van der Waals surface area contributed by atoms with E-state index in [0.29, 0.717) is 0 Å². The minimum atomic E-state index is 0.845. The van der Waals surface area contributed by atoms with Gasteiger partial charge in [-0.25, -0.2) is 0 Å². The van der Waals surface area contributed by atoms with Crippen molar-refractivity contribution in [1.82, 2.24) is 5.32 Å². The summed E-state index contributed by atoms with van der Waals surface area (Å²) in [5.74, 6) is 0.845. The van der Waals surface area contributed by atoms with E-state index in [9.17, 15) is 0 Å². The molecule has 2 heteroatoms. The third kappa shape index (κ3) is 2.54. The van der Waals surface area contributed by atoms with Crippen LogP contribution in [0.15, 0.2) is 18.2 Å². The lowest BCUT2D eigenvalue weighted by Crippen LogP contribution is -2.31. The summed E-state index contributed by atoms with van der Waals surface area (Å²) in [5.41, 5.74) is 4.55. The number of hydrogen-bond acceptors (Lipinski definition) is 2. The number of benzene rings is 1.